The largest absolute Gasteiger partial charge is 0.497 e. The SMILES string of the molecule is COc1ccc(CCOC=O)cc1. The summed E-state index contributed by atoms with van der Waals surface area (Å²) in [5.41, 5.74) is 1.13. The molecule has 0 unspecified atom stereocenters. The van der Waals surface area contributed by atoms with Gasteiger partial charge in [0.05, 0.1) is 13.7 Å². The smallest absolute Gasteiger partial charge is 0.293 e. The molecule has 0 radical (unpaired) electrons. The molecular weight excluding hydrogens is 168 g/mol. The molecule has 0 saturated heterocycles. The number of rotatable bonds is 5. The summed E-state index contributed by atoms with van der Waals surface area (Å²) in [5.74, 6) is 0.833. The quantitative estimate of drug-likeness (QED) is 0.507. The van der Waals surface area contributed by atoms with Crippen LogP contribution >= 0.6 is 0 Å². The van der Waals surface area contributed by atoms with Crippen LogP contribution in [0.4, 0.5) is 0 Å². The molecular formula is C10H12O3. The molecule has 0 aliphatic carbocycles. The van der Waals surface area contributed by atoms with Gasteiger partial charge in [0.2, 0.25) is 0 Å². The van der Waals surface area contributed by atoms with Gasteiger partial charge in [0.25, 0.3) is 6.47 Å². The van der Waals surface area contributed by atoms with Crippen LogP contribution in [-0.4, -0.2) is 20.2 Å². The molecule has 0 spiro atoms. The van der Waals surface area contributed by atoms with E-state index in [4.69, 9.17) is 4.74 Å². The van der Waals surface area contributed by atoms with Gasteiger partial charge in [0, 0.05) is 6.42 Å². The molecule has 0 heterocycles. The van der Waals surface area contributed by atoms with E-state index in [9.17, 15) is 4.79 Å². The van der Waals surface area contributed by atoms with Gasteiger partial charge in [-0.3, -0.25) is 4.79 Å². The Labute approximate surface area is 77.3 Å². The van der Waals surface area contributed by atoms with Gasteiger partial charge in [-0.15, -0.1) is 0 Å². The molecule has 0 aliphatic rings. The number of hydrogen-bond donors (Lipinski definition) is 0. The van der Waals surface area contributed by atoms with Crippen LogP contribution in [0.2, 0.25) is 0 Å². The van der Waals surface area contributed by atoms with Crippen LogP contribution in [0.1, 0.15) is 5.56 Å². The molecule has 0 aromatic heterocycles. The molecule has 3 heteroatoms. The van der Waals surface area contributed by atoms with E-state index in [1.54, 1.807) is 7.11 Å². The fourth-order valence-corrected chi connectivity index (χ4v) is 1.02. The Morgan fingerprint density at radius 3 is 2.54 bits per heavy atom. The van der Waals surface area contributed by atoms with Crippen molar-refractivity contribution in [1.82, 2.24) is 0 Å². The Kier molecular flexibility index (Phi) is 3.82. The van der Waals surface area contributed by atoms with Crippen molar-refractivity contribution in [1.29, 1.82) is 0 Å². The van der Waals surface area contributed by atoms with Crippen LogP contribution in [0.5, 0.6) is 5.75 Å². The van der Waals surface area contributed by atoms with Crippen molar-refractivity contribution in [2.75, 3.05) is 13.7 Å². The fraction of sp³-hybridized carbons (Fsp3) is 0.300. The van der Waals surface area contributed by atoms with E-state index in [1.165, 1.54) is 0 Å². The average molecular weight is 180 g/mol. The summed E-state index contributed by atoms with van der Waals surface area (Å²) in [5, 5.41) is 0. The Morgan fingerprint density at radius 2 is 2.00 bits per heavy atom. The Hall–Kier alpha value is -1.51. The predicted octanol–water partition coefficient (Wildman–Crippen LogP) is 1.41. The lowest BCUT2D eigenvalue weighted by Crippen LogP contribution is -1.96. The van der Waals surface area contributed by atoms with E-state index in [2.05, 4.69) is 4.74 Å². The first-order valence-corrected chi connectivity index (χ1v) is 4.05. The van der Waals surface area contributed by atoms with Gasteiger partial charge in [-0.2, -0.15) is 0 Å². The van der Waals surface area contributed by atoms with Crippen LogP contribution in [0.15, 0.2) is 24.3 Å². The maximum atomic E-state index is 9.85. The third-order valence-corrected chi connectivity index (χ3v) is 1.74. The molecule has 0 bridgehead atoms. The molecule has 0 N–H and O–H groups in total. The van der Waals surface area contributed by atoms with Crippen LogP contribution < -0.4 is 4.74 Å². The van der Waals surface area contributed by atoms with Gasteiger partial charge in [0.15, 0.2) is 0 Å². The minimum absolute atomic E-state index is 0.426. The van der Waals surface area contributed by atoms with Gasteiger partial charge in [-0.1, -0.05) is 12.1 Å². The van der Waals surface area contributed by atoms with Gasteiger partial charge < -0.3 is 9.47 Å². The second kappa shape index (κ2) is 5.19. The molecule has 0 fully saturated rings. The van der Waals surface area contributed by atoms with Gasteiger partial charge in [-0.05, 0) is 17.7 Å². The van der Waals surface area contributed by atoms with E-state index in [0.717, 1.165) is 17.7 Å². The van der Waals surface area contributed by atoms with Crippen molar-refractivity contribution in [3.8, 4) is 5.75 Å². The first-order valence-electron chi connectivity index (χ1n) is 4.05. The Morgan fingerprint density at radius 1 is 1.31 bits per heavy atom. The lowest BCUT2D eigenvalue weighted by molar-refractivity contribution is -0.128. The van der Waals surface area contributed by atoms with Gasteiger partial charge >= 0.3 is 0 Å². The number of carbonyl (C=O) groups excluding carboxylic acids is 1. The van der Waals surface area contributed by atoms with E-state index in [1.807, 2.05) is 24.3 Å². The zero-order valence-electron chi connectivity index (χ0n) is 7.53. The second-order valence-electron chi connectivity index (χ2n) is 2.57. The second-order valence-corrected chi connectivity index (χ2v) is 2.57. The Balaban J connectivity index is 2.44. The number of hydrogen-bond acceptors (Lipinski definition) is 3. The van der Waals surface area contributed by atoms with Crippen LogP contribution in [0.25, 0.3) is 0 Å². The van der Waals surface area contributed by atoms with E-state index >= 15 is 0 Å². The highest BCUT2D eigenvalue weighted by molar-refractivity contribution is 5.37. The normalized spacial score (nSPS) is 9.31. The molecule has 0 aliphatic heterocycles. The van der Waals surface area contributed by atoms with E-state index in [-0.39, 0.29) is 0 Å². The molecule has 1 aromatic rings. The maximum absolute atomic E-state index is 9.85. The summed E-state index contributed by atoms with van der Waals surface area (Å²) in [7, 11) is 1.63. The number of ether oxygens (including phenoxy) is 2. The predicted molar refractivity (Wildman–Crippen MR) is 48.7 cm³/mol. The van der Waals surface area contributed by atoms with Crippen molar-refractivity contribution in [3.63, 3.8) is 0 Å². The van der Waals surface area contributed by atoms with Crippen molar-refractivity contribution < 1.29 is 14.3 Å². The molecule has 13 heavy (non-hydrogen) atoms. The summed E-state index contributed by atoms with van der Waals surface area (Å²) in [6.07, 6.45) is 0.739. The van der Waals surface area contributed by atoms with E-state index < -0.39 is 0 Å². The monoisotopic (exact) mass is 180 g/mol. The minimum atomic E-state index is 0.426. The van der Waals surface area contributed by atoms with Crippen LogP contribution in [0.3, 0.4) is 0 Å². The molecule has 3 nitrogen and oxygen atoms in total. The van der Waals surface area contributed by atoms with Crippen LogP contribution in [0, 0.1) is 0 Å². The topological polar surface area (TPSA) is 35.5 Å². The molecule has 1 rings (SSSR count). The highest BCUT2D eigenvalue weighted by Gasteiger charge is 1.93. The highest BCUT2D eigenvalue weighted by Crippen LogP contribution is 2.11. The maximum Gasteiger partial charge on any atom is 0.293 e. The highest BCUT2D eigenvalue weighted by atomic mass is 16.5. The molecule has 1 aromatic carbocycles. The number of methoxy groups -OCH3 is 1. The fourth-order valence-electron chi connectivity index (χ4n) is 1.02. The third-order valence-electron chi connectivity index (χ3n) is 1.74. The lowest BCUT2D eigenvalue weighted by Gasteiger charge is -2.02. The van der Waals surface area contributed by atoms with Crippen molar-refractivity contribution in [3.05, 3.63) is 29.8 Å². The van der Waals surface area contributed by atoms with Crippen molar-refractivity contribution in [2.24, 2.45) is 0 Å². The minimum Gasteiger partial charge on any atom is -0.497 e. The summed E-state index contributed by atoms with van der Waals surface area (Å²) < 4.78 is 9.59. The number of benzene rings is 1. The van der Waals surface area contributed by atoms with Crippen molar-refractivity contribution >= 4 is 6.47 Å². The summed E-state index contributed by atoms with van der Waals surface area (Å²) in [6, 6.07) is 7.67. The summed E-state index contributed by atoms with van der Waals surface area (Å²) in [6.45, 7) is 0.888. The number of carbonyl (C=O) groups is 1. The standard InChI is InChI=1S/C10H12O3/c1-12-10-4-2-9(3-5-10)6-7-13-8-11/h2-5,8H,6-7H2,1H3. The molecule has 0 saturated carbocycles. The zero-order valence-corrected chi connectivity index (χ0v) is 7.53. The lowest BCUT2D eigenvalue weighted by atomic mass is 10.1. The average Bonchev–Trinajstić information content (AvgIpc) is 2.19. The van der Waals surface area contributed by atoms with E-state index in [0.29, 0.717) is 13.1 Å². The molecule has 0 amide bonds. The summed E-state index contributed by atoms with van der Waals surface area (Å²) >= 11 is 0. The first-order chi connectivity index (χ1) is 6.36. The Bertz CT molecular complexity index is 253. The zero-order chi connectivity index (χ0) is 9.52. The molecule has 0 atom stereocenters. The van der Waals surface area contributed by atoms with Crippen molar-refractivity contribution in [2.45, 2.75) is 6.42 Å². The molecule has 70 valence electrons. The third kappa shape index (κ3) is 3.15. The van der Waals surface area contributed by atoms with Gasteiger partial charge in [-0.25, -0.2) is 0 Å². The first kappa shape index (κ1) is 9.58. The summed E-state index contributed by atoms with van der Waals surface area (Å²) in [4.78, 5) is 9.85. The van der Waals surface area contributed by atoms with Gasteiger partial charge in [0.1, 0.15) is 5.75 Å². The van der Waals surface area contributed by atoms with Crippen LogP contribution in [-0.2, 0) is 16.0 Å².